The molecule has 1 aromatic carbocycles. The molecule has 0 radical (unpaired) electrons. The molecule has 0 aliphatic carbocycles. The Morgan fingerprint density at radius 2 is 1.77 bits per heavy atom. The van der Waals surface area contributed by atoms with Gasteiger partial charge in [-0.2, -0.15) is 0 Å². The standard InChI is InChI=1S/C10H15Cl2P/c1-2-3-9-13(11,12)10-7-5-4-6-8-10/h4-8,13H,2-3,9H2,1H3. The van der Waals surface area contributed by atoms with E-state index in [4.69, 9.17) is 22.5 Å². The molecule has 0 heterocycles. The van der Waals surface area contributed by atoms with Gasteiger partial charge in [-0.3, -0.25) is 0 Å². The second-order valence-electron chi connectivity index (χ2n) is 3.17. The minimum absolute atomic E-state index is 0.955. The SMILES string of the molecule is CCCC[PH](Cl)(Cl)c1ccccc1. The quantitative estimate of drug-likeness (QED) is 0.689. The average Bonchev–Trinajstić information content (AvgIpc) is 2.16. The summed E-state index contributed by atoms with van der Waals surface area (Å²) in [4.78, 5) is 0. The van der Waals surface area contributed by atoms with Gasteiger partial charge in [-0.15, -0.1) is 0 Å². The fourth-order valence-corrected chi connectivity index (χ4v) is 4.55. The van der Waals surface area contributed by atoms with Crippen LogP contribution in [0.15, 0.2) is 30.3 Å². The maximum atomic E-state index is 6.34. The fraction of sp³-hybridized carbons (Fsp3) is 0.400. The van der Waals surface area contributed by atoms with Crippen LogP contribution in [0.4, 0.5) is 0 Å². The van der Waals surface area contributed by atoms with E-state index >= 15 is 0 Å². The fourth-order valence-electron chi connectivity index (χ4n) is 1.23. The molecule has 0 nitrogen and oxygen atoms in total. The number of hydrogen-bond acceptors (Lipinski definition) is 0. The third-order valence-corrected chi connectivity index (χ3v) is 6.64. The molecule has 13 heavy (non-hydrogen) atoms. The molecule has 1 aromatic rings. The molecule has 0 fully saturated rings. The second-order valence-corrected chi connectivity index (χ2v) is 10.1. The van der Waals surface area contributed by atoms with Crippen molar-refractivity contribution in [3.8, 4) is 0 Å². The zero-order valence-corrected chi connectivity index (χ0v) is 10.3. The van der Waals surface area contributed by atoms with Crippen LogP contribution in [0.25, 0.3) is 0 Å². The topological polar surface area (TPSA) is 0 Å². The molecule has 0 spiro atoms. The Hall–Kier alpha value is 0.230. The molecule has 0 saturated carbocycles. The Bertz CT molecular complexity index is 246. The van der Waals surface area contributed by atoms with Crippen molar-refractivity contribution in [1.82, 2.24) is 0 Å². The summed E-state index contributed by atoms with van der Waals surface area (Å²) < 4.78 is 0. The molecule has 0 N–H and O–H groups in total. The van der Waals surface area contributed by atoms with Gasteiger partial charge in [0.05, 0.1) is 0 Å². The van der Waals surface area contributed by atoms with Crippen LogP contribution in [0.2, 0.25) is 0 Å². The van der Waals surface area contributed by atoms with Gasteiger partial charge in [-0.1, -0.05) is 0 Å². The predicted octanol–water partition coefficient (Wildman–Crippen LogP) is 4.17. The molecule has 0 atom stereocenters. The molecule has 3 heteroatoms. The first-order valence-corrected chi connectivity index (χ1v) is 8.83. The van der Waals surface area contributed by atoms with E-state index in [-0.39, 0.29) is 0 Å². The zero-order chi connectivity index (χ0) is 9.73. The van der Waals surface area contributed by atoms with Crippen molar-refractivity contribution in [2.45, 2.75) is 19.8 Å². The number of unbranched alkanes of at least 4 members (excludes halogenated alkanes) is 1. The minimum atomic E-state index is -2.16. The number of rotatable bonds is 4. The van der Waals surface area contributed by atoms with Gasteiger partial charge in [0.15, 0.2) is 0 Å². The van der Waals surface area contributed by atoms with Gasteiger partial charge in [-0.05, 0) is 0 Å². The number of benzene rings is 1. The van der Waals surface area contributed by atoms with Crippen molar-refractivity contribution in [2.24, 2.45) is 0 Å². The first-order valence-electron chi connectivity index (χ1n) is 4.60. The van der Waals surface area contributed by atoms with Crippen molar-refractivity contribution in [2.75, 3.05) is 6.16 Å². The number of halogens is 2. The Balaban J connectivity index is 2.69. The molecule has 0 bridgehead atoms. The molecule has 0 unspecified atom stereocenters. The van der Waals surface area contributed by atoms with Gasteiger partial charge < -0.3 is 0 Å². The van der Waals surface area contributed by atoms with E-state index in [1.54, 1.807) is 0 Å². The van der Waals surface area contributed by atoms with Crippen LogP contribution in [0, 0.1) is 0 Å². The maximum absolute atomic E-state index is 6.34. The number of hydrogen-bond donors (Lipinski definition) is 0. The van der Waals surface area contributed by atoms with Crippen molar-refractivity contribution in [3.63, 3.8) is 0 Å². The van der Waals surface area contributed by atoms with Crippen molar-refractivity contribution >= 4 is 33.8 Å². The third-order valence-electron chi connectivity index (χ3n) is 2.04. The Morgan fingerprint density at radius 3 is 2.31 bits per heavy atom. The van der Waals surface area contributed by atoms with E-state index < -0.39 is 5.97 Å². The van der Waals surface area contributed by atoms with Gasteiger partial charge in [0, 0.05) is 0 Å². The van der Waals surface area contributed by atoms with Crippen molar-refractivity contribution in [3.05, 3.63) is 30.3 Å². The zero-order valence-electron chi connectivity index (χ0n) is 7.76. The summed E-state index contributed by atoms with van der Waals surface area (Å²) in [5.41, 5.74) is 0. The molecule has 0 aliphatic heterocycles. The van der Waals surface area contributed by atoms with Crippen LogP contribution in [-0.2, 0) is 0 Å². The van der Waals surface area contributed by atoms with Crippen LogP contribution in [-0.4, -0.2) is 6.16 Å². The van der Waals surface area contributed by atoms with Gasteiger partial charge in [-0.25, -0.2) is 0 Å². The monoisotopic (exact) mass is 236 g/mol. The predicted molar refractivity (Wildman–Crippen MR) is 65.9 cm³/mol. The van der Waals surface area contributed by atoms with E-state index in [9.17, 15) is 0 Å². The Morgan fingerprint density at radius 1 is 1.15 bits per heavy atom. The van der Waals surface area contributed by atoms with E-state index in [0.29, 0.717) is 0 Å². The summed E-state index contributed by atoms with van der Waals surface area (Å²) in [6.45, 7) is 2.16. The Kier molecular flexibility index (Phi) is 4.52. The summed E-state index contributed by atoms with van der Waals surface area (Å²) in [5, 5.41) is 1.13. The summed E-state index contributed by atoms with van der Waals surface area (Å²) in [5.74, 6) is -2.16. The van der Waals surface area contributed by atoms with E-state index in [1.807, 2.05) is 30.3 Å². The van der Waals surface area contributed by atoms with Gasteiger partial charge in [0.25, 0.3) is 0 Å². The van der Waals surface area contributed by atoms with E-state index in [1.165, 1.54) is 0 Å². The first kappa shape index (κ1) is 11.3. The van der Waals surface area contributed by atoms with Crippen LogP contribution in [0.5, 0.6) is 0 Å². The average molecular weight is 237 g/mol. The van der Waals surface area contributed by atoms with Gasteiger partial charge in [0.2, 0.25) is 0 Å². The second kappa shape index (κ2) is 5.20. The summed E-state index contributed by atoms with van der Waals surface area (Å²) in [7, 11) is 0. The van der Waals surface area contributed by atoms with Crippen LogP contribution >= 0.6 is 28.4 Å². The molecular weight excluding hydrogens is 222 g/mol. The molecule has 0 saturated heterocycles. The summed E-state index contributed by atoms with van der Waals surface area (Å²) in [6.07, 6.45) is 3.23. The molecule has 74 valence electrons. The molecule has 0 aromatic heterocycles. The summed E-state index contributed by atoms with van der Waals surface area (Å²) >= 11 is 12.7. The van der Waals surface area contributed by atoms with Gasteiger partial charge >= 0.3 is 90.0 Å². The Labute approximate surface area is 90.2 Å². The van der Waals surface area contributed by atoms with Crippen LogP contribution in [0.3, 0.4) is 0 Å². The molecule has 1 rings (SSSR count). The van der Waals surface area contributed by atoms with E-state index in [2.05, 4.69) is 6.92 Å². The van der Waals surface area contributed by atoms with Crippen molar-refractivity contribution < 1.29 is 0 Å². The summed E-state index contributed by atoms with van der Waals surface area (Å²) in [6, 6.07) is 10.0. The van der Waals surface area contributed by atoms with Crippen molar-refractivity contribution in [1.29, 1.82) is 0 Å². The van der Waals surface area contributed by atoms with E-state index in [0.717, 1.165) is 24.3 Å². The normalized spacial score (nSPS) is 12.8. The molecule has 0 amide bonds. The third kappa shape index (κ3) is 3.46. The first-order chi connectivity index (χ1) is 6.17. The molecular formula is C10H15Cl2P. The van der Waals surface area contributed by atoms with Crippen LogP contribution < -0.4 is 5.30 Å². The van der Waals surface area contributed by atoms with Crippen LogP contribution in [0.1, 0.15) is 19.8 Å². The molecule has 0 aliphatic rings. The van der Waals surface area contributed by atoms with Gasteiger partial charge in [0.1, 0.15) is 0 Å².